The molecule has 3 aromatic rings. The first-order valence-electron chi connectivity index (χ1n) is 7.58. The van der Waals surface area contributed by atoms with Gasteiger partial charge in [0.15, 0.2) is 0 Å². The van der Waals surface area contributed by atoms with Crippen molar-refractivity contribution >= 4 is 34.7 Å². The highest BCUT2D eigenvalue weighted by Crippen LogP contribution is 2.28. The molecular weight excluding hydrogens is 361 g/mol. The molecule has 0 atom stereocenters. The molecule has 0 bridgehead atoms. The van der Waals surface area contributed by atoms with Crippen molar-refractivity contribution in [2.75, 3.05) is 0 Å². The monoisotopic (exact) mass is 377 g/mol. The molecule has 1 heterocycles. The molecule has 0 amide bonds. The number of thioether (sulfide) groups is 1. The third-order valence-corrected chi connectivity index (χ3v) is 6.12. The first-order chi connectivity index (χ1) is 11.5. The molecule has 0 N–H and O–H groups in total. The van der Waals surface area contributed by atoms with E-state index in [1.807, 2.05) is 0 Å². The summed E-state index contributed by atoms with van der Waals surface area (Å²) < 4.78 is 13.1. The molecule has 0 fully saturated rings. The fraction of sp³-hybridized carbons (Fsp3) is 0.211. The van der Waals surface area contributed by atoms with Gasteiger partial charge in [-0.05, 0) is 43.2 Å². The van der Waals surface area contributed by atoms with E-state index in [4.69, 9.17) is 11.6 Å². The van der Waals surface area contributed by atoms with Crippen molar-refractivity contribution in [1.82, 2.24) is 4.98 Å². The van der Waals surface area contributed by atoms with Crippen LogP contribution >= 0.6 is 34.7 Å². The summed E-state index contributed by atoms with van der Waals surface area (Å²) in [4.78, 5) is 5.97. The largest absolute Gasteiger partial charge is 0.245 e. The average molecular weight is 378 g/mol. The molecule has 0 aliphatic heterocycles. The lowest BCUT2D eigenvalue weighted by Gasteiger charge is -2.05. The average Bonchev–Trinajstić information content (AvgIpc) is 2.97. The molecule has 0 radical (unpaired) electrons. The second kappa shape index (κ2) is 7.68. The van der Waals surface area contributed by atoms with Gasteiger partial charge in [-0.3, -0.25) is 0 Å². The Bertz CT molecular complexity index is 860. The summed E-state index contributed by atoms with van der Waals surface area (Å²) in [6.07, 6.45) is 0.637. The number of halogens is 2. The van der Waals surface area contributed by atoms with Crippen LogP contribution in [0, 0.1) is 19.7 Å². The highest BCUT2D eigenvalue weighted by Gasteiger charge is 2.08. The molecule has 0 aliphatic rings. The summed E-state index contributed by atoms with van der Waals surface area (Å²) in [5, 5.41) is 3.54. The van der Waals surface area contributed by atoms with Crippen LogP contribution in [-0.4, -0.2) is 4.98 Å². The fourth-order valence-electron chi connectivity index (χ4n) is 2.44. The highest BCUT2D eigenvalue weighted by molar-refractivity contribution is 7.98. The molecule has 0 saturated heterocycles. The minimum Gasteiger partial charge on any atom is -0.245 e. The van der Waals surface area contributed by atoms with Crippen LogP contribution in [0.4, 0.5) is 4.39 Å². The van der Waals surface area contributed by atoms with Crippen LogP contribution < -0.4 is 0 Å². The van der Waals surface area contributed by atoms with E-state index in [0.29, 0.717) is 11.4 Å². The van der Waals surface area contributed by atoms with Gasteiger partial charge in [-0.15, -0.1) is 23.1 Å². The molecule has 0 saturated carbocycles. The number of aryl methyl sites for hydroxylation is 2. The summed E-state index contributed by atoms with van der Waals surface area (Å²) in [6.45, 7) is 4.24. The number of nitrogens with zero attached hydrogens (tertiary/aromatic N) is 1. The van der Waals surface area contributed by atoms with Crippen LogP contribution in [0.3, 0.4) is 0 Å². The maximum absolute atomic E-state index is 13.1. The molecule has 0 spiro atoms. The van der Waals surface area contributed by atoms with Crippen LogP contribution in [0.2, 0.25) is 5.02 Å². The third-order valence-electron chi connectivity index (χ3n) is 3.66. The second-order valence-corrected chi connectivity index (χ2v) is 8.07. The van der Waals surface area contributed by atoms with Gasteiger partial charge in [-0.1, -0.05) is 35.4 Å². The van der Waals surface area contributed by atoms with Gasteiger partial charge in [0.2, 0.25) is 0 Å². The van der Waals surface area contributed by atoms with E-state index in [1.165, 1.54) is 28.2 Å². The van der Waals surface area contributed by atoms with E-state index in [-0.39, 0.29) is 5.82 Å². The van der Waals surface area contributed by atoms with Gasteiger partial charge in [-0.2, -0.15) is 0 Å². The van der Waals surface area contributed by atoms with Gasteiger partial charge in [0.25, 0.3) is 0 Å². The van der Waals surface area contributed by atoms with E-state index < -0.39 is 0 Å². The lowest BCUT2D eigenvalue weighted by Crippen LogP contribution is -1.91. The molecule has 1 aromatic heterocycles. The number of hydrogen-bond acceptors (Lipinski definition) is 3. The Morgan fingerprint density at radius 3 is 2.75 bits per heavy atom. The second-order valence-electron chi connectivity index (χ2n) is 5.70. The van der Waals surface area contributed by atoms with Crippen molar-refractivity contribution in [3.63, 3.8) is 0 Å². The molecule has 5 heteroatoms. The van der Waals surface area contributed by atoms with Crippen molar-refractivity contribution in [2.45, 2.75) is 30.9 Å². The topological polar surface area (TPSA) is 12.9 Å². The zero-order valence-corrected chi connectivity index (χ0v) is 15.9. The molecule has 0 unspecified atom stereocenters. The van der Waals surface area contributed by atoms with Crippen molar-refractivity contribution in [1.29, 1.82) is 0 Å². The van der Waals surface area contributed by atoms with E-state index in [2.05, 4.69) is 42.4 Å². The molecule has 2 aromatic carbocycles. The van der Waals surface area contributed by atoms with Crippen molar-refractivity contribution in [2.24, 2.45) is 0 Å². The van der Waals surface area contributed by atoms with Crippen molar-refractivity contribution in [3.8, 4) is 0 Å². The highest BCUT2D eigenvalue weighted by atomic mass is 35.5. The van der Waals surface area contributed by atoms with Crippen LogP contribution in [0.1, 0.15) is 27.4 Å². The maximum Gasteiger partial charge on any atom is 0.124 e. The Morgan fingerprint density at radius 2 is 2.00 bits per heavy atom. The quantitative estimate of drug-likeness (QED) is 0.475. The molecular formula is C19H17ClFNS2. The summed E-state index contributed by atoms with van der Waals surface area (Å²) in [7, 11) is 0. The number of thiazole rings is 1. The lowest BCUT2D eigenvalue weighted by molar-refractivity contribution is 0.627. The van der Waals surface area contributed by atoms with E-state index in [1.54, 1.807) is 29.2 Å². The van der Waals surface area contributed by atoms with Gasteiger partial charge in [0.1, 0.15) is 5.82 Å². The summed E-state index contributed by atoms with van der Waals surface area (Å²) in [5.41, 5.74) is 4.55. The lowest BCUT2D eigenvalue weighted by atomic mass is 10.1. The summed E-state index contributed by atoms with van der Waals surface area (Å²) in [5.74, 6) is 0.533. The Hall–Kier alpha value is -1.36. The summed E-state index contributed by atoms with van der Waals surface area (Å²) >= 11 is 9.51. The van der Waals surface area contributed by atoms with Crippen molar-refractivity contribution < 1.29 is 4.39 Å². The Morgan fingerprint density at radius 1 is 1.17 bits per heavy atom. The molecule has 0 aliphatic carbocycles. The molecule has 3 rings (SSSR count). The van der Waals surface area contributed by atoms with E-state index in [9.17, 15) is 4.39 Å². The zero-order chi connectivity index (χ0) is 17.1. The smallest absolute Gasteiger partial charge is 0.124 e. The standard InChI is InChI=1S/C19H17ClFNS2/c1-12-3-6-18(13(2)7-12)23-10-16-11-24-19(22-16)8-14-4-5-15(21)9-17(14)20/h3-7,9,11H,8,10H2,1-2H3. The minimum absolute atomic E-state index is 0.312. The number of hydrogen-bond donors (Lipinski definition) is 0. The van der Waals surface area contributed by atoms with Gasteiger partial charge in [0.05, 0.1) is 10.7 Å². The van der Waals surface area contributed by atoms with E-state index in [0.717, 1.165) is 22.0 Å². The Labute approximate surface area is 154 Å². The van der Waals surface area contributed by atoms with Gasteiger partial charge in [-0.25, -0.2) is 9.37 Å². The summed E-state index contributed by atoms with van der Waals surface area (Å²) in [6, 6.07) is 11.0. The molecule has 124 valence electrons. The normalized spacial score (nSPS) is 11.0. The first-order valence-corrected chi connectivity index (χ1v) is 9.83. The van der Waals surface area contributed by atoms with Crippen LogP contribution in [-0.2, 0) is 12.2 Å². The predicted molar refractivity (Wildman–Crippen MR) is 102 cm³/mol. The predicted octanol–water partition coefficient (Wildman–Crippen LogP) is 6.44. The number of rotatable bonds is 5. The zero-order valence-electron chi connectivity index (χ0n) is 13.5. The Balaban J connectivity index is 1.65. The first kappa shape index (κ1) is 17.5. The number of benzene rings is 2. The molecule has 24 heavy (non-hydrogen) atoms. The van der Waals surface area contributed by atoms with E-state index >= 15 is 0 Å². The fourth-order valence-corrected chi connectivity index (χ4v) is 4.50. The van der Waals surface area contributed by atoms with Gasteiger partial charge < -0.3 is 0 Å². The third kappa shape index (κ3) is 4.38. The van der Waals surface area contributed by atoms with Gasteiger partial charge in [0, 0.05) is 27.5 Å². The maximum atomic E-state index is 13.1. The Kier molecular flexibility index (Phi) is 5.59. The number of aromatic nitrogens is 1. The SMILES string of the molecule is Cc1ccc(SCc2csc(Cc3ccc(F)cc3Cl)n2)c(C)c1. The van der Waals surface area contributed by atoms with Crippen LogP contribution in [0.5, 0.6) is 0 Å². The van der Waals surface area contributed by atoms with Crippen molar-refractivity contribution in [3.05, 3.63) is 80.0 Å². The minimum atomic E-state index is -0.312. The molecule has 1 nitrogen and oxygen atoms in total. The van der Waals surface area contributed by atoms with Gasteiger partial charge >= 0.3 is 0 Å². The van der Waals surface area contributed by atoms with Crippen LogP contribution in [0.15, 0.2) is 46.7 Å². The van der Waals surface area contributed by atoms with Crippen LogP contribution in [0.25, 0.3) is 0 Å².